The van der Waals surface area contributed by atoms with Crippen molar-refractivity contribution < 1.29 is 58.6 Å². The Morgan fingerprint density at radius 3 is 2.17 bits per heavy atom. The molecule has 14 atom stereocenters. The zero-order valence-corrected chi connectivity index (χ0v) is 37.1. The fraction of sp³-hybridized carbons (Fsp3) is 0.867. The molecule has 0 radical (unpaired) electrons. The summed E-state index contributed by atoms with van der Waals surface area (Å²) in [7, 11) is 1.24. The van der Waals surface area contributed by atoms with E-state index in [4.69, 9.17) is 18.9 Å². The minimum absolute atomic E-state index is 0.00838. The molecule has 0 aromatic carbocycles. The fourth-order valence-corrected chi connectivity index (χ4v) is 12.7. The molecule has 13 nitrogen and oxygen atoms in total. The average Bonchev–Trinajstić information content (AvgIpc) is 3.39. The van der Waals surface area contributed by atoms with E-state index in [0.717, 1.165) is 25.7 Å². The Morgan fingerprint density at radius 2 is 1.60 bits per heavy atom. The molecule has 3 fully saturated rings. The Labute approximate surface area is 345 Å². The molecule has 4 aliphatic carbocycles. The van der Waals surface area contributed by atoms with Crippen LogP contribution in [0.25, 0.3) is 0 Å². The molecule has 5 rings (SSSR count). The van der Waals surface area contributed by atoms with E-state index in [1.54, 1.807) is 13.8 Å². The second kappa shape index (κ2) is 16.4. The summed E-state index contributed by atoms with van der Waals surface area (Å²) < 4.78 is 23.1. The van der Waals surface area contributed by atoms with Crippen LogP contribution in [0, 0.1) is 45.3 Å². The summed E-state index contributed by atoms with van der Waals surface area (Å²) in [5.41, 5.74) is -2.54. The number of esters is 3. The molecule has 1 saturated heterocycles. The molecule has 2 saturated carbocycles. The highest BCUT2D eigenvalue weighted by molar-refractivity contribution is 5.85. The largest absolute Gasteiger partial charge is 0.467 e. The average molecular weight is 820 g/mol. The summed E-state index contributed by atoms with van der Waals surface area (Å²) in [6.45, 7) is 20.5. The Kier molecular flexibility index (Phi) is 13.1. The minimum Gasteiger partial charge on any atom is -0.467 e. The summed E-state index contributed by atoms with van der Waals surface area (Å²) >= 11 is 0. The number of carbonyl (C=O) groups excluding carboxylic acids is 4. The van der Waals surface area contributed by atoms with Crippen LogP contribution in [0.5, 0.6) is 0 Å². The SMILES string of the molecule is CCC(C)C(NC(=O)CC(C)(O)CC(=O)OC1CC2(C)C3=C(CCC2C(C)(C)C1OC(C)=O)C1(C)CCC(C2CCC(C(C)(C)O)OC2O)C1(C)C(O)C3)C(=O)OC. The zero-order valence-electron chi connectivity index (χ0n) is 37.1. The van der Waals surface area contributed by atoms with Crippen LogP contribution in [0.2, 0.25) is 0 Å². The lowest BCUT2D eigenvalue weighted by Crippen LogP contribution is -2.63. The molecular formula is C45H73NO12. The number of amides is 1. The zero-order chi connectivity index (χ0) is 43.6. The van der Waals surface area contributed by atoms with Gasteiger partial charge >= 0.3 is 17.9 Å². The molecule has 1 amide bonds. The van der Waals surface area contributed by atoms with Gasteiger partial charge in [0.15, 0.2) is 6.29 Å². The van der Waals surface area contributed by atoms with E-state index in [-0.39, 0.29) is 29.1 Å². The van der Waals surface area contributed by atoms with Crippen molar-refractivity contribution in [3.05, 3.63) is 11.1 Å². The molecular weight excluding hydrogens is 746 g/mol. The van der Waals surface area contributed by atoms with Gasteiger partial charge in [-0.3, -0.25) is 14.4 Å². The maximum absolute atomic E-state index is 13.8. The Morgan fingerprint density at radius 1 is 0.948 bits per heavy atom. The maximum Gasteiger partial charge on any atom is 0.328 e. The van der Waals surface area contributed by atoms with Gasteiger partial charge in [0, 0.05) is 23.7 Å². The van der Waals surface area contributed by atoms with E-state index in [1.165, 1.54) is 32.1 Å². The fourth-order valence-electron chi connectivity index (χ4n) is 12.7. The third-order valence-corrected chi connectivity index (χ3v) is 16.1. The van der Waals surface area contributed by atoms with Crippen molar-refractivity contribution >= 4 is 23.8 Å². The number of fused-ring (bicyclic) bond motifs is 4. The first-order valence-electron chi connectivity index (χ1n) is 21.6. The predicted molar refractivity (Wildman–Crippen MR) is 214 cm³/mol. The number of rotatable bonds is 12. The highest BCUT2D eigenvalue weighted by atomic mass is 16.6. The third kappa shape index (κ3) is 8.25. The van der Waals surface area contributed by atoms with E-state index >= 15 is 0 Å². The first kappa shape index (κ1) is 46.5. The lowest BCUT2D eigenvalue weighted by molar-refractivity contribution is -0.251. The van der Waals surface area contributed by atoms with Gasteiger partial charge in [0.05, 0.1) is 43.4 Å². The van der Waals surface area contributed by atoms with E-state index in [9.17, 15) is 39.6 Å². The number of hydrogen-bond acceptors (Lipinski definition) is 12. The van der Waals surface area contributed by atoms with E-state index in [0.29, 0.717) is 32.1 Å². The van der Waals surface area contributed by atoms with Crippen molar-refractivity contribution in [1.82, 2.24) is 5.32 Å². The van der Waals surface area contributed by atoms with Gasteiger partial charge in [0.2, 0.25) is 5.91 Å². The summed E-state index contributed by atoms with van der Waals surface area (Å²) in [6, 6.07) is -0.906. The van der Waals surface area contributed by atoms with E-state index < -0.39 is 101 Å². The van der Waals surface area contributed by atoms with Crippen LogP contribution in [0.3, 0.4) is 0 Å². The molecule has 1 aliphatic heterocycles. The van der Waals surface area contributed by atoms with Crippen LogP contribution < -0.4 is 5.32 Å². The van der Waals surface area contributed by atoms with Gasteiger partial charge in [0.1, 0.15) is 18.2 Å². The van der Waals surface area contributed by atoms with Gasteiger partial charge in [-0.05, 0) is 101 Å². The quantitative estimate of drug-likeness (QED) is 0.0972. The third-order valence-electron chi connectivity index (χ3n) is 16.1. The topological polar surface area (TPSA) is 198 Å². The lowest BCUT2D eigenvalue weighted by Gasteiger charge is -2.64. The number of hydrogen-bond donors (Lipinski definition) is 5. The van der Waals surface area contributed by atoms with Gasteiger partial charge in [-0.2, -0.15) is 0 Å². The van der Waals surface area contributed by atoms with Crippen molar-refractivity contribution in [2.45, 2.75) is 195 Å². The van der Waals surface area contributed by atoms with Gasteiger partial charge in [-0.25, -0.2) is 4.79 Å². The molecule has 0 bridgehead atoms. The molecule has 5 aliphatic rings. The highest BCUT2D eigenvalue weighted by Crippen LogP contribution is 2.73. The first-order chi connectivity index (χ1) is 26.7. The first-order valence-corrected chi connectivity index (χ1v) is 21.6. The Balaban J connectivity index is 1.41. The maximum atomic E-state index is 13.8. The van der Waals surface area contributed by atoms with Crippen LogP contribution in [0.15, 0.2) is 11.1 Å². The summed E-state index contributed by atoms with van der Waals surface area (Å²) in [5.74, 6) is -2.86. The number of methoxy groups -OCH3 is 1. The van der Waals surface area contributed by atoms with Gasteiger partial charge in [-0.15, -0.1) is 0 Å². The number of carbonyl (C=O) groups is 4. The summed E-state index contributed by atoms with van der Waals surface area (Å²) in [6.07, 6.45) is 1.03. The van der Waals surface area contributed by atoms with Gasteiger partial charge in [-0.1, -0.05) is 66.0 Å². The standard InChI is InChI=1S/C45H73NO12/c1-13-24(2)36(39(52)55-12)46-34(49)22-42(8,54)23-35(50)57-30-21-43(9)29-20-32(48)45(11)27(26-14-17-33(41(6,7)53)58-38(26)51)18-19-44(45,10)28(29)15-16-31(43)40(4,5)37(30)56-25(3)47/h24,26-27,30-33,36-38,48,51,53-54H,13-23H2,1-12H3,(H,46,49). The van der Waals surface area contributed by atoms with Gasteiger partial charge < -0.3 is 44.7 Å². The predicted octanol–water partition coefficient (Wildman–Crippen LogP) is 5.28. The number of aliphatic hydroxyl groups is 4. The van der Waals surface area contributed by atoms with Crippen LogP contribution in [0.1, 0.15) is 147 Å². The monoisotopic (exact) mass is 820 g/mol. The lowest BCUT2D eigenvalue weighted by atomic mass is 9.42. The molecule has 58 heavy (non-hydrogen) atoms. The van der Waals surface area contributed by atoms with Crippen LogP contribution in [-0.4, -0.2) is 99.3 Å². The second-order valence-corrected chi connectivity index (χ2v) is 20.7. The van der Waals surface area contributed by atoms with Crippen molar-refractivity contribution in [3.63, 3.8) is 0 Å². The molecule has 1 heterocycles. The molecule has 0 aromatic rings. The second-order valence-electron chi connectivity index (χ2n) is 20.7. The van der Waals surface area contributed by atoms with Crippen LogP contribution in [0.4, 0.5) is 0 Å². The van der Waals surface area contributed by atoms with Crippen LogP contribution in [-0.2, 0) is 38.1 Å². The smallest absolute Gasteiger partial charge is 0.328 e. The normalized spacial score (nSPS) is 39.2. The van der Waals surface area contributed by atoms with Crippen molar-refractivity contribution in [1.29, 1.82) is 0 Å². The Bertz CT molecular complexity index is 1620. The van der Waals surface area contributed by atoms with Crippen LogP contribution >= 0.6 is 0 Å². The van der Waals surface area contributed by atoms with E-state index in [2.05, 4.69) is 26.1 Å². The summed E-state index contributed by atoms with van der Waals surface area (Å²) in [4.78, 5) is 51.8. The number of ether oxygens (including phenoxy) is 4. The molecule has 5 N–H and O–H groups in total. The molecule has 13 heteroatoms. The highest BCUT2D eigenvalue weighted by Gasteiger charge is 2.69. The molecule has 14 unspecified atom stereocenters. The molecule has 330 valence electrons. The van der Waals surface area contributed by atoms with E-state index in [1.807, 2.05) is 27.7 Å². The minimum atomic E-state index is -1.82. The molecule has 0 aromatic heterocycles. The summed E-state index contributed by atoms with van der Waals surface area (Å²) in [5, 5.41) is 48.4. The van der Waals surface area contributed by atoms with Crippen molar-refractivity contribution in [2.24, 2.45) is 45.3 Å². The molecule has 0 spiro atoms. The van der Waals surface area contributed by atoms with Crippen molar-refractivity contribution in [3.8, 4) is 0 Å². The number of allylic oxidation sites excluding steroid dienone is 1. The Hall–Kier alpha value is -2.58. The van der Waals surface area contributed by atoms with Crippen molar-refractivity contribution in [2.75, 3.05) is 7.11 Å². The van der Waals surface area contributed by atoms with Gasteiger partial charge in [0.25, 0.3) is 0 Å². The number of aliphatic hydroxyl groups excluding tert-OH is 2. The number of nitrogens with one attached hydrogen (secondary N) is 1.